The second-order valence-corrected chi connectivity index (χ2v) is 10.4. The molecular formula is C29H38N2O6. The van der Waals surface area contributed by atoms with Crippen LogP contribution >= 0.6 is 0 Å². The number of nitrogens with zero attached hydrogens (tertiary/aromatic N) is 2. The van der Waals surface area contributed by atoms with E-state index in [1.165, 1.54) is 6.92 Å². The predicted molar refractivity (Wildman–Crippen MR) is 141 cm³/mol. The third kappa shape index (κ3) is 7.02. The molecule has 0 fully saturated rings. The highest BCUT2D eigenvalue weighted by atomic mass is 16.3. The van der Waals surface area contributed by atoms with Gasteiger partial charge in [0.25, 0.3) is 0 Å². The van der Waals surface area contributed by atoms with Crippen LogP contribution in [0.25, 0.3) is 0 Å². The molecule has 0 radical (unpaired) electrons. The number of ketones is 3. The lowest BCUT2D eigenvalue weighted by atomic mass is 9.73. The van der Waals surface area contributed by atoms with E-state index in [-0.39, 0.29) is 54.4 Å². The Morgan fingerprint density at radius 3 is 2.54 bits per heavy atom. The Hall–Kier alpha value is -3.10. The van der Waals surface area contributed by atoms with Gasteiger partial charge in [0.05, 0.1) is 18.6 Å². The summed E-state index contributed by atoms with van der Waals surface area (Å²) in [4.78, 5) is 43.6. The number of Topliss-reactive ketones (excluding diaryl/α,β-unsaturated/α-hetero) is 3. The topological polar surface area (TPSA) is 128 Å². The molecule has 1 aromatic carbocycles. The number of aryl methyl sites for hydroxylation is 2. The molecule has 3 N–H and O–H groups in total. The van der Waals surface area contributed by atoms with Crippen molar-refractivity contribution in [3.05, 3.63) is 52.8 Å². The van der Waals surface area contributed by atoms with Crippen LogP contribution in [0.5, 0.6) is 5.75 Å². The number of benzene rings is 1. The van der Waals surface area contributed by atoms with Gasteiger partial charge in [0.2, 0.25) is 0 Å². The van der Waals surface area contributed by atoms with Crippen LogP contribution < -0.4 is 4.90 Å². The molecule has 0 bridgehead atoms. The highest BCUT2D eigenvalue weighted by molar-refractivity contribution is 6.03. The zero-order chi connectivity index (χ0) is 27.1. The maximum atomic E-state index is 13.4. The van der Waals surface area contributed by atoms with Crippen molar-refractivity contribution < 1.29 is 29.7 Å². The van der Waals surface area contributed by atoms with Gasteiger partial charge in [-0.2, -0.15) is 0 Å². The SMILES string of the molecule is CC(=O)CC(=O)C(CO)C(CCO)CC1CC(=O)c2c(O)c(CCc3cccnc3)cc(N(C)C)c2C1. The fraction of sp³-hybridized carbons (Fsp3) is 0.517. The van der Waals surface area contributed by atoms with Gasteiger partial charge in [-0.05, 0) is 79.7 Å². The van der Waals surface area contributed by atoms with Crippen molar-refractivity contribution in [2.24, 2.45) is 17.8 Å². The monoisotopic (exact) mass is 510 g/mol. The number of carbonyl (C=O) groups is 3. The summed E-state index contributed by atoms with van der Waals surface area (Å²) in [6.07, 6.45) is 6.00. The van der Waals surface area contributed by atoms with E-state index in [0.717, 1.165) is 16.8 Å². The third-order valence-electron chi connectivity index (χ3n) is 7.33. The molecule has 200 valence electrons. The van der Waals surface area contributed by atoms with Gasteiger partial charge >= 0.3 is 0 Å². The number of aliphatic hydroxyl groups is 2. The van der Waals surface area contributed by atoms with Crippen LogP contribution in [0.15, 0.2) is 30.6 Å². The number of anilines is 1. The molecule has 1 heterocycles. The Kier molecular flexibility index (Phi) is 9.94. The molecule has 2 aromatic rings. The first-order valence-electron chi connectivity index (χ1n) is 12.9. The summed E-state index contributed by atoms with van der Waals surface area (Å²) in [5.74, 6) is -1.94. The fourth-order valence-electron chi connectivity index (χ4n) is 5.53. The molecule has 8 heteroatoms. The van der Waals surface area contributed by atoms with Gasteiger partial charge in [-0.15, -0.1) is 0 Å². The van der Waals surface area contributed by atoms with Crippen molar-refractivity contribution in [2.75, 3.05) is 32.2 Å². The second kappa shape index (κ2) is 12.9. The van der Waals surface area contributed by atoms with E-state index in [0.29, 0.717) is 43.2 Å². The van der Waals surface area contributed by atoms with E-state index in [1.54, 1.807) is 12.4 Å². The Balaban J connectivity index is 1.88. The number of carbonyl (C=O) groups excluding carboxylic acids is 3. The molecule has 1 aliphatic rings. The molecule has 0 saturated carbocycles. The van der Waals surface area contributed by atoms with Gasteiger partial charge in [-0.25, -0.2) is 0 Å². The fourth-order valence-corrected chi connectivity index (χ4v) is 5.53. The van der Waals surface area contributed by atoms with Crippen molar-refractivity contribution >= 4 is 23.0 Å². The molecule has 0 amide bonds. The Bertz CT molecular complexity index is 1120. The van der Waals surface area contributed by atoms with Gasteiger partial charge in [0, 0.05) is 51.1 Å². The summed E-state index contributed by atoms with van der Waals surface area (Å²) in [5.41, 5.74) is 3.79. The molecule has 0 spiro atoms. The molecule has 1 aromatic heterocycles. The number of pyridine rings is 1. The van der Waals surface area contributed by atoms with Crippen molar-refractivity contribution in [3.8, 4) is 5.75 Å². The van der Waals surface area contributed by atoms with Crippen molar-refractivity contribution in [2.45, 2.75) is 51.9 Å². The molecule has 3 atom stereocenters. The van der Waals surface area contributed by atoms with E-state index in [1.807, 2.05) is 37.2 Å². The van der Waals surface area contributed by atoms with Crippen LogP contribution in [0.3, 0.4) is 0 Å². The number of aromatic nitrogens is 1. The van der Waals surface area contributed by atoms with Crippen LogP contribution in [0, 0.1) is 17.8 Å². The summed E-state index contributed by atoms with van der Waals surface area (Å²) in [5, 5.41) is 30.7. The minimum Gasteiger partial charge on any atom is -0.507 e. The average Bonchev–Trinajstić information content (AvgIpc) is 2.84. The smallest absolute Gasteiger partial charge is 0.167 e. The van der Waals surface area contributed by atoms with Gasteiger partial charge in [-0.1, -0.05) is 6.07 Å². The van der Waals surface area contributed by atoms with Crippen LogP contribution in [0.1, 0.15) is 59.7 Å². The molecule has 8 nitrogen and oxygen atoms in total. The minimum absolute atomic E-state index is 0.0321. The molecule has 0 aliphatic heterocycles. The number of fused-ring (bicyclic) bond motifs is 1. The lowest BCUT2D eigenvalue weighted by Gasteiger charge is -2.33. The maximum Gasteiger partial charge on any atom is 0.167 e. The lowest BCUT2D eigenvalue weighted by molar-refractivity contribution is -0.131. The van der Waals surface area contributed by atoms with Gasteiger partial charge in [0.1, 0.15) is 17.3 Å². The first-order chi connectivity index (χ1) is 17.7. The van der Waals surface area contributed by atoms with E-state index in [2.05, 4.69) is 4.98 Å². The number of hydrogen-bond donors (Lipinski definition) is 3. The molecule has 3 rings (SSSR count). The second-order valence-electron chi connectivity index (χ2n) is 10.4. The predicted octanol–water partition coefficient (Wildman–Crippen LogP) is 2.93. The zero-order valence-corrected chi connectivity index (χ0v) is 21.9. The first kappa shape index (κ1) is 28.5. The molecule has 3 unspecified atom stereocenters. The quantitative estimate of drug-likeness (QED) is 0.351. The summed E-state index contributed by atoms with van der Waals surface area (Å²) in [6.45, 7) is 0.776. The maximum absolute atomic E-state index is 13.4. The largest absolute Gasteiger partial charge is 0.507 e. The lowest BCUT2D eigenvalue weighted by Crippen LogP contribution is -2.33. The van der Waals surface area contributed by atoms with Crippen molar-refractivity contribution in [3.63, 3.8) is 0 Å². The number of aliphatic hydroxyl groups excluding tert-OH is 2. The van der Waals surface area contributed by atoms with Crippen LogP contribution in [-0.4, -0.2) is 65.0 Å². The summed E-state index contributed by atoms with van der Waals surface area (Å²) >= 11 is 0. The zero-order valence-electron chi connectivity index (χ0n) is 21.9. The summed E-state index contributed by atoms with van der Waals surface area (Å²) < 4.78 is 0. The van der Waals surface area contributed by atoms with Crippen LogP contribution in [0.4, 0.5) is 5.69 Å². The molecule has 37 heavy (non-hydrogen) atoms. The van der Waals surface area contributed by atoms with Crippen LogP contribution in [0.2, 0.25) is 0 Å². The Morgan fingerprint density at radius 2 is 1.95 bits per heavy atom. The number of hydrogen-bond acceptors (Lipinski definition) is 8. The molecule has 1 aliphatic carbocycles. The number of rotatable bonds is 13. The standard InChI is InChI=1S/C29H38N2O6/c1-18(34)11-26(35)24(17-33)21(8-10-32)12-20-13-23-25(31(2)3)15-22(29(37)28(23)27(36)14-20)7-6-19-5-4-9-30-16-19/h4-5,9,15-16,20-21,24,32-33,37H,6-8,10-14,17H2,1-3H3. The average molecular weight is 511 g/mol. The molecule has 0 saturated heterocycles. The van der Waals surface area contributed by atoms with E-state index < -0.39 is 12.5 Å². The molecular weight excluding hydrogens is 472 g/mol. The van der Waals surface area contributed by atoms with Gasteiger partial charge in [-0.3, -0.25) is 19.4 Å². The van der Waals surface area contributed by atoms with Gasteiger partial charge in [0.15, 0.2) is 5.78 Å². The van der Waals surface area contributed by atoms with E-state index in [9.17, 15) is 29.7 Å². The van der Waals surface area contributed by atoms with E-state index >= 15 is 0 Å². The van der Waals surface area contributed by atoms with Gasteiger partial charge < -0.3 is 20.2 Å². The summed E-state index contributed by atoms with van der Waals surface area (Å²) in [6, 6.07) is 5.79. The number of phenols is 1. The Morgan fingerprint density at radius 1 is 1.19 bits per heavy atom. The Labute approximate surface area is 218 Å². The highest BCUT2D eigenvalue weighted by Gasteiger charge is 2.35. The van der Waals surface area contributed by atoms with Crippen LogP contribution in [-0.2, 0) is 28.9 Å². The normalized spacial score (nSPS) is 16.7. The highest BCUT2D eigenvalue weighted by Crippen LogP contribution is 2.42. The third-order valence-corrected chi connectivity index (χ3v) is 7.33. The van der Waals surface area contributed by atoms with Crippen molar-refractivity contribution in [1.82, 2.24) is 4.98 Å². The first-order valence-corrected chi connectivity index (χ1v) is 12.9. The number of phenolic OH excluding ortho intramolecular Hbond substituents is 1. The van der Waals surface area contributed by atoms with E-state index in [4.69, 9.17) is 0 Å². The summed E-state index contributed by atoms with van der Waals surface area (Å²) in [7, 11) is 3.81. The van der Waals surface area contributed by atoms with Crippen molar-refractivity contribution in [1.29, 1.82) is 0 Å². The number of aromatic hydroxyl groups is 1. The minimum atomic E-state index is -0.760.